The van der Waals surface area contributed by atoms with Gasteiger partial charge in [0, 0.05) is 25.2 Å². The molecule has 1 N–H and O–H groups in total. The van der Waals surface area contributed by atoms with Crippen molar-refractivity contribution in [1.29, 1.82) is 0 Å². The number of hydrogen-bond donors (Lipinski definition) is 1. The van der Waals surface area contributed by atoms with Crippen molar-refractivity contribution in [2.24, 2.45) is 5.92 Å². The standard InChI is InChI=1S/C22H36N4O2/c1-7-25(8-2)20(21-10-9-13-28-21)14-23-22(27)12-11-19-17(5)24-26(18(19)6)15-16(3)4/h9-10,13,16,20H,7-8,11-12,14-15H2,1-6H3,(H,23,27). The third kappa shape index (κ3) is 5.71. The third-order valence-electron chi connectivity index (χ3n) is 5.29. The summed E-state index contributed by atoms with van der Waals surface area (Å²) in [5, 5.41) is 7.75. The third-order valence-corrected chi connectivity index (χ3v) is 5.29. The van der Waals surface area contributed by atoms with E-state index < -0.39 is 0 Å². The maximum absolute atomic E-state index is 12.5. The Bertz CT molecular complexity index is 730. The quantitative estimate of drug-likeness (QED) is 0.634. The van der Waals surface area contributed by atoms with Crippen molar-refractivity contribution in [3.63, 3.8) is 0 Å². The number of aryl methyl sites for hydroxylation is 1. The molecular weight excluding hydrogens is 352 g/mol. The average Bonchev–Trinajstić information content (AvgIpc) is 3.26. The fourth-order valence-corrected chi connectivity index (χ4v) is 3.71. The lowest BCUT2D eigenvalue weighted by molar-refractivity contribution is -0.121. The van der Waals surface area contributed by atoms with Crippen LogP contribution < -0.4 is 5.32 Å². The van der Waals surface area contributed by atoms with Gasteiger partial charge in [0.25, 0.3) is 0 Å². The Kier molecular flexibility index (Phi) is 8.30. The lowest BCUT2D eigenvalue weighted by atomic mass is 10.1. The molecule has 1 amide bonds. The summed E-state index contributed by atoms with van der Waals surface area (Å²) in [5.41, 5.74) is 3.40. The molecule has 6 heteroatoms. The van der Waals surface area contributed by atoms with Crippen LogP contribution in [0.3, 0.4) is 0 Å². The zero-order valence-corrected chi connectivity index (χ0v) is 18.3. The molecule has 0 aliphatic rings. The second kappa shape index (κ2) is 10.5. The molecule has 2 aromatic rings. The molecule has 28 heavy (non-hydrogen) atoms. The highest BCUT2D eigenvalue weighted by Crippen LogP contribution is 2.20. The number of furan rings is 1. The molecule has 0 bridgehead atoms. The fraction of sp³-hybridized carbons (Fsp3) is 0.636. The Morgan fingerprint density at radius 1 is 1.29 bits per heavy atom. The van der Waals surface area contributed by atoms with Gasteiger partial charge in [-0.15, -0.1) is 0 Å². The minimum atomic E-state index is 0.0613. The van der Waals surface area contributed by atoms with Crippen LogP contribution in [0, 0.1) is 19.8 Å². The van der Waals surface area contributed by atoms with E-state index in [1.165, 1.54) is 11.3 Å². The van der Waals surface area contributed by atoms with Gasteiger partial charge in [-0.2, -0.15) is 5.10 Å². The normalized spacial score (nSPS) is 12.7. The first-order valence-corrected chi connectivity index (χ1v) is 10.4. The zero-order chi connectivity index (χ0) is 20.7. The number of hydrogen-bond acceptors (Lipinski definition) is 4. The van der Waals surface area contributed by atoms with Gasteiger partial charge < -0.3 is 9.73 Å². The number of carbonyl (C=O) groups excluding carboxylic acids is 1. The van der Waals surface area contributed by atoms with Gasteiger partial charge in [0.1, 0.15) is 5.76 Å². The van der Waals surface area contributed by atoms with Crippen LogP contribution in [0.5, 0.6) is 0 Å². The number of nitrogens with one attached hydrogen (secondary N) is 1. The molecule has 0 aromatic carbocycles. The van der Waals surface area contributed by atoms with E-state index in [9.17, 15) is 4.79 Å². The van der Waals surface area contributed by atoms with Crippen molar-refractivity contribution in [3.05, 3.63) is 41.1 Å². The van der Waals surface area contributed by atoms with Gasteiger partial charge in [-0.3, -0.25) is 14.4 Å². The molecule has 2 rings (SSSR count). The van der Waals surface area contributed by atoms with E-state index in [2.05, 4.69) is 54.6 Å². The predicted molar refractivity (Wildman–Crippen MR) is 112 cm³/mol. The number of carbonyl (C=O) groups is 1. The molecule has 0 saturated carbocycles. The highest BCUT2D eigenvalue weighted by Gasteiger charge is 2.21. The van der Waals surface area contributed by atoms with E-state index >= 15 is 0 Å². The Morgan fingerprint density at radius 2 is 2.00 bits per heavy atom. The molecule has 0 aliphatic heterocycles. The molecular formula is C22H36N4O2. The molecule has 0 saturated heterocycles. The summed E-state index contributed by atoms with van der Waals surface area (Å²) in [6.07, 6.45) is 2.88. The molecule has 0 radical (unpaired) electrons. The van der Waals surface area contributed by atoms with Crippen molar-refractivity contribution >= 4 is 5.91 Å². The fourth-order valence-electron chi connectivity index (χ4n) is 3.71. The summed E-state index contributed by atoms with van der Waals surface area (Å²) in [4.78, 5) is 14.8. The van der Waals surface area contributed by atoms with Gasteiger partial charge in [-0.25, -0.2) is 0 Å². The lowest BCUT2D eigenvalue weighted by Gasteiger charge is -2.28. The van der Waals surface area contributed by atoms with Crippen LogP contribution >= 0.6 is 0 Å². The summed E-state index contributed by atoms with van der Waals surface area (Å²) < 4.78 is 7.67. The van der Waals surface area contributed by atoms with Gasteiger partial charge in [0.05, 0.1) is 18.0 Å². The first-order chi connectivity index (χ1) is 13.4. The monoisotopic (exact) mass is 388 g/mol. The maximum Gasteiger partial charge on any atom is 0.220 e. The molecule has 0 fully saturated rings. The molecule has 2 aromatic heterocycles. The summed E-state index contributed by atoms with van der Waals surface area (Å²) in [7, 11) is 0. The molecule has 0 spiro atoms. The average molecular weight is 389 g/mol. The smallest absolute Gasteiger partial charge is 0.220 e. The number of aromatic nitrogens is 2. The minimum Gasteiger partial charge on any atom is -0.468 e. The van der Waals surface area contributed by atoms with Gasteiger partial charge in [-0.1, -0.05) is 27.7 Å². The van der Waals surface area contributed by atoms with Gasteiger partial charge >= 0.3 is 0 Å². The number of rotatable bonds is 11. The predicted octanol–water partition coefficient (Wildman–Crippen LogP) is 3.88. The maximum atomic E-state index is 12.5. The summed E-state index contributed by atoms with van der Waals surface area (Å²) in [6, 6.07) is 3.94. The van der Waals surface area contributed by atoms with E-state index in [0.717, 1.165) is 37.5 Å². The Labute approximate surface area is 169 Å². The molecule has 0 aliphatic carbocycles. The summed E-state index contributed by atoms with van der Waals surface area (Å²) in [6.45, 7) is 16.0. The second-order valence-electron chi connectivity index (χ2n) is 7.78. The summed E-state index contributed by atoms with van der Waals surface area (Å²) >= 11 is 0. The molecule has 1 unspecified atom stereocenters. The Morgan fingerprint density at radius 3 is 2.57 bits per heavy atom. The first kappa shape index (κ1) is 22.2. The van der Waals surface area contributed by atoms with Crippen LogP contribution in [0.25, 0.3) is 0 Å². The number of amides is 1. The second-order valence-corrected chi connectivity index (χ2v) is 7.78. The van der Waals surface area contributed by atoms with Gasteiger partial charge in [-0.05, 0) is 57.0 Å². The molecule has 1 atom stereocenters. The van der Waals surface area contributed by atoms with E-state index in [1.54, 1.807) is 6.26 Å². The van der Waals surface area contributed by atoms with Gasteiger partial charge in [0.2, 0.25) is 5.91 Å². The SMILES string of the molecule is CCN(CC)C(CNC(=O)CCc1c(C)nn(CC(C)C)c1C)c1ccco1. The minimum absolute atomic E-state index is 0.0613. The molecule has 156 valence electrons. The van der Waals surface area contributed by atoms with E-state index in [4.69, 9.17) is 4.42 Å². The van der Waals surface area contributed by atoms with E-state index in [0.29, 0.717) is 18.9 Å². The van der Waals surface area contributed by atoms with E-state index in [1.807, 2.05) is 19.1 Å². The number of likely N-dealkylation sites (N-methyl/N-ethyl adjacent to an activating group) is 1. The Hall–Kier alpha value is -2.08. The van der Waals surface area contributed by atoms with Crippen molar-refractivity contribution in [1.82, 2.24) is 20.0 Å². The molecule has 6 nitrogen and oxygen atoms in total. The van der Waals surface area contributed by atoms with Gasteiger partial charge in [0.15, 0.2) is 0 Å². The van der Waals surface area contributed by atoms with Crippen LogP contribution in [0.1, 0.15) is 62.9 Å². The van der Waals surface area contributed by atoms with Crippen molar-refractivity contribution in [3.8, 4) is 0 Å². The topological polar surface area (TPSA) is 63.3 Å². The zero-order valence-electron chi connectivity index (χ0n) is 18.3. The van der Waals surface area contributed by atoms with Crippen LogP contribution in [0.15, 0.2) is 22.8 Å². The Balaban J connectivity index is 1.94. The van der Waals surface area contributed by atoms with Crippen molar-refractivity contribution < 1.29 is 9.21 Å². The summed E-state index contributed by atoms with van der Waals surface area (Å²) in [5.74, 6) is 1.51. The van der Waals surface area contributed by atoms with Crippen molar-refractivity contribution in [2.75, 3.05) is 19.6 Å². The largest absolute Gasteiger partial charge is 0.468 e. The van der Waals surface area contributed by atoms with Crippen LogP contribution in [-0.4, -0.2) is 40.2 Å². The number of nitrogens with zero attached hydrogens (tertiary/aromatic N) is 3. The van der Waals surface area contributed by atoms with Crippen LogP contribution in [0.4, 0.5) is 0 Å². The van der Waals surface area contributed by atoms with Crippen LogP contribution in [0.2, 0.25) is 0 Å². The highest BCUT2D eigenvalue weighted by molar-refractivity contribution is 5.76. The van der Waals surface area contributed by atoms with Crippen molar-refractivity contribution in [2.45, 2.75) is 67.0 Å². The first-order valence-electron chi connectivity index (χ1n) is 10.4. The lowest BCUT2D eigenvalue weighted by Crippen LogP contribution is -2.38. The molecule has 2 heterocycles. The highest BCUT2D eigenvalue weighted by atomic mass is 16.3. The van der Waals surface area contributed by atoms with E-state index in [-0.39, 0.29) is 11.9 Å². The van der Waals surface area contributed by atoms with Crippen LogP contribution in [-0.2, 0) is 17.8 Å².